The quantitative estimate of drug-likeness (QED) is 0.817. The molecule has 0 aromatic heterocycles. The molecule has 0 radical (unpaired) electrons. The number of aromatic carboxylic acids is 1. The van der Waals surface area contributed by atoms with Crippen molar-refractivity contribution >= 4 is 23.4 Å². The summed E-state index contributed by atoms with van der Waals surface area (Å²) in [6.45, 7) is 2.38. The molecule has 2 aromatic carbocycles. The van der Waals surface area contributed by atoms with Gasteiger partial charge in [-0.25, -0.2) is 4.79 Å². The number of rotatable bonds is 5. The van der Waals surface area contributed by atoms with E-state index in [1.165, 1.54) is 0 Å². The summed E-state index contributed by atoms with van der Waals surface area (Å²) in [6.07, 6.45) is 1.64. The monoisotopic (exact) mass is 357 g/mol. The molecule has 0 aliphatic carbocycles. The molecule has 3 rings (SSSR count). The predicted molar refractivity (Wildman–Crippen MR) is 97.2 cm³/mol. The van der Waals surface area contributed by atoms with Gasteiger partial charge in [-0.2, -0.15) is 0 Å². The Morgan fingerprint density at radius 2 is 1.72 bits per heavy atom. The summed E-state index contributed by atoms with van der Waals surface area (Å²) in [5, 5.41) is 9.71. The lowest BCUT2D eigenvalue weighted by Crippen LogP contribution is -2.36. The average molecular weight is 358 g/mol. The van der Waals surface area contributed by atoms with Crippen molar-refractivity contribution in [2.45, 2.75) is 19.4 Å². The van der Waals surface area contributed by atoms with Crippen LogP contribution < -0.4 is 0 Å². The predicted octanol–water partition coefficient (Wildman–Crippen LogP) is 4.13. The molecule has 25 heavy (non-hydrogen) atoms. The van der Waals surface area contributed by atoms with Crippen LogP contribution in [0, 0.1) is 5.92 Å². The first-order valence-electron chi connectivity index (χ1n) is 8.37. The van der Waals surface area contributed by atoms with Gasteiger partial charge in [-0.05, 0) is 67.9 Å². The van der Waals surface area contributed by atoms with Gasteiger partial charge < -0.3 is 5.11 Å². The maximum absolute atomic E-state index is 12.6. The summed E-state index contributed by atoms with van der Waals surface area (Å²) < 4.78 is 0. The lowest BCUT2D eigenvalue weighted by atomic mass is 9.89. The van der Waals surface area contributed by atoms with Crippen LogP contribution in [0.25, 0.3) is 0 Å². The lowest BCUT2D eigenvalue weighted by Gasteiger charge is -2.31. The van der Waals surface area contributed by atoms with Crippen LogP contribution in [-0.4, -0.2) is 34.8 Å². The molecular formula is C20H20ClNO3. The molecule has 2 aromatic rings. The van der Waals surface area contributed by atoms with E-state index in [1.807, 2.05) is 6.07 Å². The summed E-state index contributed by atoms with van der Waals surface area (Å²) in [4.78, 5) is 25.9. The fourth-order valence-corrected chi connectivity index (χ4v) is 3.39. The van der Waals surface area contributed by atoms with Gasteiger partial charge in [-0.1, -0.05) is 23.7 Å². The normalized spacial score (nSPS) is 15.9. The number of benzene rings is 2. The molecule has 1 heterocycles. The van der Waals surface area contributed by atoms with Crippen LogP contribution in [0.15, 0.2) is 48.5 Å². The number of hydrogen-bond acceptors (Lipinski definition) is 3. The molecule has 0 bridgehead atoms. The van der Waals surface area contributed by atoms with Crippen LogP contribution in [0.1, 0.15) is 39.1 Å². The van der Waals surface area contributed by atoms with E-state index in [2.05, 4.69) is 4.90 Å². The summed E-state index contributed by atoms with van der Waals surface area (Å²) in [6, 6.07) is 14.1. The Bertz CT molecular complexity index is 765. The van der Waals surface area contributed by atoms with Crippen molar-refractivity contribution in [1.29, 1.82) is 0 Å². The van der Waals surface area contributed by atoms with Gasteiger partial charge in [-0.15, -0.1) is 0 Å². The van der Waals surface area contributed by atoms with Crippen molar-refractivity contribution in [2.75, 3.05) is 13.1 Å². The highest BCUT2D eigenvalue weighted by molar-refractivity contribution is 6.30. The number of carboxylic acids is 1. The number of carbonyl (C=O) groups is 2. The third-order valence-electron chi connectivity index (χ3n) is 4.67. The van der Waals surface area contributed by atoms with E-state index >= 15 is 0 Å². The molecule has 1 aliphatic rings. The van der Waals surface area contributed by atoms with Gasteiger partial charge in [0.2, 0.25) is 0 Å². The molecular weight excluding hydrogens is 338 g/mol. The number of halogens is 1. The largest absolute Gasteiger partial charge is 0.478 e. The van der Waals surface area contributed by atoms with Crippen LogP contribution in [0.4, 0.5) is 0 Å². The van der Waals surface area contributed by atoms with Crippen molar-refractivity contribution in [3.8, 4) is 0 Å². The lowest BCUT2D eigenvalue weighted by molar-refractivity contribution is 0.0695. The number of Topliss-reactive ketones (excluding diaryl/α,β-unsaturated/α-hetero) is 1. The number of carbonyl (C=O) groups excluding carboxylic acids is 1. The Balaban J connectivity index is 1.56. The van der Waals surface area contributed by atoms with E-state index in [1.54, 1.807) is 42.5 Å². The molecule has 1 saturated heterocycles. The molecule has 1 N–H and O–H groups in total. The zero-order valence-corrected chi connectivity index (χ0v) is 14.6. The van der Waals surface area contributed by atoms with Crippen LogP contribution in [-0.2, 0) is 6.54 Å². The van der Waals surface area contributed by atoms with E-state index in [9.17, 15) is 9.59 Å². The molecule has 0 amide bonds. The second-order valence-electron chi connectivity index (χ2n) is 6.43. The van der Waals surface area contributed by atoms with E-state index in [4.69, 9.17) is 16.7 Å². The Morgan fingerprint density at radius 1 is 1.04 bits per heavy atom. The molecule has 1 fully saturated rings. The standard InChI is InChI=1S/C20H20ClNO3/c21-18-6-4-15(5-7-18)19(23)16-8-10-22(11-9-16)13-14-2-1-3-17(12-14)20(24)25/h1-7,12,16H,8-11,13H2,(H,24,25). The third kappa shape index (κ3) is 4.47. The van der Waals surface area contributed by atoms with Gasteiger partial charge >= 0.3 is 5.97 Å². The molecule has 5 heteroatoms. The van der Waals surface area contributed by atoms with Crippen molar-refractivity contribution < 1.29 is 14.7 Å². The first-order valence-corrected chi connectivity index (χ1v) is 8.75. The molecule has 0 spiro atoms. The molecule has 0 atom stereocenters. The first-order chi connectivity index (χ1) is 12.0. The van der Waals surface area contributed by atoms with Gasteiger partial charge in [0.1, 0.15) is 0 Å². The number of ketones is 1. The summed E-state index contributed by atoms with van der Waals surface area (Å²) in [7, 11) is 0. The number of carboxylic acid groups (broad SMARTS) is 1. The minimum absolute atomic E-state index is 0.0442. The van der Waals surface area contributed by atoms with Gasteiger partial charge in [0.25, 0.3) is 0 Å². The highest BCUT2D eigenvalue weighted by Crippen LogP contribution is 2.24. The van der Waals surface area contributed by atoms with E-state index in [0.29, 0.717) is 17.1 Å². The van der Waals surface area contributed by atoms with Crippen molar-refractivity contribution in [3.63, 3.8) is 0 Å². The number of likely N-dealkylation sites (tertiary alicyclic amines) is 1. The van der Waals surface area contributed by atoms with Crippen LogP contribution >= 0.6 is 11.6 Å². The summed E-state index contributed by atoms with van der Waals surface area (Å²) in [5.74, 6) is -0.680. The van der Waals surface area contributed by atoms with Gasteiger partial charge in [0.15, 0.2) is 5.78 Å². The van der Waals surface area contributed by atoms with E-state index in [0.717, 1.165) is 37.1 Å². The summed E-state index contributed by atoms with van der Waals surface area (Å²) >= 11 is 5.87. The molecule has 4 nitrogen and oxygen atoms in total. The van der Waals surface area contributed by atoms with Crippen molar-refractivity contribution in [2.24, 2.45) is 5.92 Å². The topological polar surface area (TPSA) is 57.6 Å². The van der Waals surface area contributed by atoms with Gasteiger partial charge in [0, 0.05) is 23.0 Å². The van der Waals surface area contributed by atoms with Crippen LogP contribution in [0.2, 0.25) is 5.02 Å². The Kier molecular flexibility index (Phi) is 5.51. The van der Waals surface area contributed by atoms with E-state index < -0.39 is 5.97 Å². The molecule has 0 unspecified atom stereocenters. The minimum Gasteiger partial charge on any atom is -0.478 e. The Hall–Kier alpha value is -2.17. The number of piperidine rings is 1. The van der Waals surface area contributed by atoms with Gasteiger partial charge in [0.05, 0.1) is 5.56 Å². The third-order valence-corrected chi connectivity index (χ3v) is 4.92. The van der Waals surface area contributed by atoms with Crippen molar-refractivity contribution in [1.82, 2.24) is 4.90 Å². The first kappa shape index (κ1) is 17.6. The van der Waals surface area contributed by atoms with Crippen LogP contribution in [0.3, 0.4) is 0 Å². The fraction of sp³-hybridized carbons (Fsp3) is 0.300. The molecule has 0 saturated carbocycles. The number of hydrogen-bond donors (Lipinski definition) is 1. The summed E-state index contributed by atoms with van der Waals surface area (Å²) in [5.41, 5.74) is 2.02. The maximum atomic E-state index is 12.6. The van der Waals surface area contributed by atoms with E-state index in [-0.39, 0.29) is 11.7 Å². The number of nitrogens with zero attached hydrogens (tertiary/aromatic N) is 1. The second kappa shape index (κ2) is 7.81. The van der Waals surface area contributed by atoms with Gasteiger partial charge in [-0.3, -0.25) is 9.69 Å². The smallest absolute Gasteiger partial charge is 0.335 e. The highest BCUT2D eigenvalue weighted by Gasteiger charge is 2.25. The average Bonchev–Trinajstić information content (AvgIpc) is 2.63. The second-order valence-corrected chi connectivity index (χ2v) is 6.86. The van der Waals surface area contributed by atoms with Crippen LogP contribution in [0.5, 0.6) is 0 Å². The molecule has 1 aliphatic heterocycles. The Morgan fingerprint density at radius 3 is 2.36 bits per heavy atom. The minimum atomic E-state index is -0.908. The molecule has 130 valence electrons. The zero-order chi connectivity index (χ0) is 17.8. The SMILES string of the molecule is O=C(O)c1cccc(CN2CCC(C(=O)c3ccc(Cl)cc3)CC2)c1. The Labute approximate surface area is 152 Å². The fourth-order valence-electron chi connectivity index (χ4n) is 3.26. The highest BCUT2D eigenvalue weighted by atomic mass is 35.5. The van der Waals surface area contributed by atoms with Crippen molar-refractivity contribution in [3.05, 3.63) is 70.2 Å². The maximum Gasteiger partial charge on any atom is 0.335 e. The zero-order valence-electron chi connectivity index (χ0n) is 13.8.